The highest BCUT2D eigenvalue weighted by Gasteiger charge is 2.38. The van der Waals surface area contributed by atoms with Crippen molar-refractivity contribution >= 4 is 5.84 Å². The van der Waals surface area contributed by atoms with Gasteiger partial charge >= 0.3 is 6.18 Å². The fourth-order valence-electron chi connectivity index (χ4n) is 3.27. The number of alkyl halides is 3. The molecule has 1 aromatic heterocycles. The summed E-state index contributed by atoms with van der Waals surface area (Å²) in [7, 11) is 0. The van der Waals surface area contributed by atoms with Crippen LogP contribution in [0.15, 0.2) is 58.5 Å². The van der Waals surface area contributed by atoms with E-state index < -0.39 is 11.9 Å². The topological polar surface area (TPSA) is 33.4 Å². The van der Waals surface area contributed by atoms with Crippen LogP contribution in [0.25, 0.3) is 0 Å². The predicted octanol–water partition coefficient (Wildman–Crippen LogP) is 4.75. The van der Waals surface area contributed by atoms with Gasteiger partial charge in [-0.1, -0.05) is 12.7 Å². The monoisotopic (exact) mass is 360 g/mol. The lowest BCUT2D eigenvalue weighted by molar-refractivity contribution is -0.141. The Balaban J connectivity index is 1.65. The van der Waals surface area contributed by atoms with E-state index in [1.807, 2.05) is 37.0 Å². The average Bonchev–Trinajstić information content (AvgIpc) is 3.30. The number of nitrogens with zero attached hydrogens (tertiary/aromatic N) is 4. The number of aromatic nitrogens is 2. The van der Waals surface area contributed by atoms with E-state index in [-0.39, 0.29) is 12.5 Å². The molecule has 0 atom stereocenters. The zero-order valence-corrected chi connectivity index (χ0v) is 14.6. The van der Waals surface area contributed by atoms with Crippen molar-refractivity contribution in [1.82, 2.24) is 14.7 Å². The van der Waals surface area contributed by atoms with E-state index >= 15 is 0 Å². The molecule has 7 heteroatoms. The fraction of sp³-hybridized carbons (Fsp3) is 0.368. The van der Waals surface area contributed by atoms with Gasteiger partial charge in [-0.25, -0.2) is 4.99 Å². The maximum absolute atomic E-state index is 13.1. The Labute approximate surface area is 149 Å². The van der Waals surface area contributed by atoms with Gasteiger partial charge in [0, 0.05) is 23.0 Å². The molecule has 4 nitrogen and oxygen atoms in total. The number of hydrogen-bond donors (Lipinski definition) is 0. The van der Waals surface area contributed by atoms with E-state index in [9.17, 15) is 13.2 Å². The van der Waals surface area contributed by atoms with Crippen molar-refractivity contribution in [3.63, 3.8) is 0 Å². The average molecular weight is 360 g/mol. The highest BCUT2D eigenvalue weighted by atomic mass is 19.4. The molecule has 4 rings (SSSR count). The Hall–Kier alpha value is -2.57. The van der Waals surface area contributed by atoms with Crippen LogP contribution in [0, 0.1) is 0 Å². The number of aliphatic imine (C=N–C) groups is 1. The summed E-state index contributed by atoms with van der Waals surface area (Å²) >= 11 is 0. The molecule has 0 bridgehead atoms. The number of hydrogen-bond acceptors (Lipinski definition) is 3. The Morgan fingerprint density at radius 2 is 1.96 bits per heavy atom. The summed E-state index contributed by atoms with van der Waals surface area (Å²) in [4.78, 5) is 6.56. The standard InChI is InChI=1S/C19H19F3N4/c1-11-4-7-18-23-15(8-12(2)26(18)13(11)3)10-25-16(14-5-6-14)9-17(24-25)19(20,21)22/h4,7-9,14H,2,5-6,10H2,1,3H3. The largest absolute Gasteiger partial charge is 0.435 e. The summed E-state index contributed by atoms with van der Waals surface area (Å²) in [6, 6.07) is 1.17. The Morgan fingerprint density at radius 1 is 1.23 bits per heavy atom. The van der Waals surface area contributed by atoms with Gasteiger partial charge in [0.15, 0.2) is 5.69 Å². The fourth-order valence-corrected chi connectivity index (χ4v) is 3.27. The number of rotatable bonds is 3. The third-order valence-corrected chi connectivity index (χ3v) is 4.91. The minimum atomic E-state index is -4.44. The summed E-state index contributed by atoms with van der Waals surface area (Å²) in [5, 5.41) is 3.80. The predicted molar refractivity (Wildman–Crippen MR) is 93.2 cm³/mol. The molecule has 26 heavy (non-hydrogen) atoms. The molecule has 3 aliphatic rings. The lowest BCUT2D eigenvalue weighted by Crippen LogP contribution is -2.31. The highest BCUT2D eigenvalue weighted by Crippen LogP contribution is 2.42. The van der Waals surface area contributed by atoms with Gasteiger partial charge in [0.25, 0.3) is 0 Å². The maximum Gasteiger partial charge on any atom is 0.435 e. The van der Waals surface area contributed by atoms with Crippen LogP contribution >= 0.6 is 0 Å². The molecule has 3 heterocycles. The first kappa shape index (κ1) is 16.9. The maximum atomic E-state index is 13.1. The van der Waals surface area contributed by atoms with E-state index in [4.69, 9.17) is 0 Å². The van der Waals surface area contributed by atoms with Crippen molar-refractivity contribution in [1.29, 1.82) is 0 Å². The number of fused-ring (bicyclic) bond motifs is 1. The smallest absolute Gasteiger partial charge is 0.299 e. The molecule has 0 unspecified atom stereocenters. The van der Waals surface area contributed by atoms with Gasteiger partial charge in [-0.15, -0.1) is 0 Å². The van der Waals surface area contributed by atoms with Gasteiger partial charge in [-0.05, 0) is 50.5 Å². The van der Waals surface area contributed by atoms with Crippen LogP contribution in [0.5, 0.6) is 0 Å². The van der Waals surface area contributed by atoms with Crippen molar-refractivity contribution in [2.24, 2.45) is 4.99 Å². The summed E-state index contributed by atoms with van der Waals surface area (Å²) in [5.74, 6) is 0.893. The third kappa shape index (κ3) is 2.91. The van der Waals surface area contributed by atoms with Crippen LogP contribution in [0.1, 0.15) is 44.0 Å². The molecule has 1 aromatic rings. The quantitative estimate of drug-likeness (QED) is 0.779. The molecule has 1 saturated carbocycles. The zero-order chi connectivity index (χ0) is 18.6. The van der Waals surface area contributed by atoms with Gasteiger partial charge in [0.1, 0.15) is 5.84 Å². The molecule has 1 fully saturated rings. The van der Waals surface area contributed by atoms with Gasteiger partial charge in [0.05, 0.1) is 12.2 Å². The second-order valence-electron chi connectivity index (χ2n) is 6.92. The van der Waals surface area contributed by atoms with Crippen LogP contribution in [0.3, 0.4) is 0 Å². The Morgan fingerprint density at radius 3 is 2.62 bits per heavy atom. The SMILES string of the molecule is C=C1C=C(Cn2nc(C(F)(F)F)cc2C2CC2)N=C2C=CC(C)=C(C)N12. The Kier molecular flexibility index (Phi) is 3.71. The molecule has 0 saturated heterocycles. The van der Waals surface area contributed by atoms with Crippen LogP contribution in [0.2, 0.25) is 0 Å². The van der Waals surface area contributed by atoms with Gasteiger partial charge in [-0.2, -0.15) is 18.3 Å². The Bertz CT molecular complexity index is 908. The molecule has 0 radical (unpaired) electrons. The van der Waals surface area contributed by atoms with E-state index in [0.717, 1.165) is 35.6 Å². The van der Waals surface area contributed by atoms with Crippen molar-refractivity contribution in [2.45, 2.75) is 45.3 Å². The summed E-state index contributed by atoms with van der Waals surface area (Å²) in [5.41, 5.74) is 3.37. The molecular weight excluding hydrogens is 341 g/mol. The second-order valence-corrected chi connectivity index (χ2v) is 6.92. The lowest BCUT2D eigenvalue weighted by Gasteiger charge is -2.32. The molecule has 1 aliphatic carbocycles. The van der Waals surface area contributed by atoms with Crippen molar-refractivity contribution in [2.75, 3.05) is 0 Å². The molecule has 136 valence electrons. The molecule has 0 N–H and O–H groups in total. The lowest BCUT2D eigenvalue weighted by atomic mass is 10.1. The van der Waals surface area contributed by atoms with Crippen molar-refractivity contribution in [3.8, 4) is 0 Å². The van der Waals surface area contributed by atoms with E-state index in [2.05, 4.69) is 16.7 Å². The minimum absolute atomic E-state index is 0.164. The normalized spacial score (nSPS) is 20.3. The summed E-state index contributed by atoms with van der Waals surface area (Å²) < 4.78 is 40.6. The van der Waals surface area contributed by atoms with Gasteiger partial charge < -0.3 is 0 Å². The second kappa shape index (κ2) is 5.72. The van der Waals surface area contributed by atoms with E-state index in [1.54, 1.807) is 0 Å². The minimum Gasteiger partial charge on any atom is -0.299 e. The zero-order valence-electron chi connectivity index (χ0n) is 14.6. The van der Waals surface area contributed by atoms with Gasteiger partial charge in [-0.3, -0.25) is 9.58 Å². The van der Waals surface area contributed by atoms with Crippen LogP contribution < -0.4 is 0 Å². The number of allylic oxidation sites excluding steroid dienone is 5. The van der Waals surface area contributed by atoms with Crippen LogP contribution in [-0.4, -0.2) is 20.5 Å². The number of amidine groups is 1. The third-order valence-electron chi connectivity index (χ3n) is 4.91. The van der Waals surface area contributed by atoms with Crippen molar-refractivity contribution in [3.05, 3.63) is 64.9 Å². The summed E-state index contributed by atoms with van der Waals surface area (Å²) in [6.07, 6.45) is 3.06. The van der Waals surface area contributed by atoms with E-state index in [0.29, 0.717) is 11.4 Å². The number of halogens is 3. The van der Waals surface area contributed by atoms with Crippen molar-refractivity contribution < 1.29 is 13.2 Å². The molecule has 0 amide bonds. The van der Waals surface area contributed by atoms with Gasteiger partial charge in [0.2, 0.25) is 0 Å². The van der Waals surface area contributed by atoms with Crippen LogP contribution in [-0.2, 0) is 12.7 Å². The van der Waals surface area contributed by atoms with Crippen LogP contribution in [0.4, 0.5) is 13.2 Å². The molecule has 2 aliphatic heterocycles. The molecule has 0 spiro atoms. The molecular formula is C19H19F3N4. The first-order valence-electron chi connectivity index (χ1n) is 8.53. The highest BCUT2D eigenvalue weighted by molar-refractivity contribution is 5.99. The first-order valence-corrected chi connectivity index (χ1v) is 8.53. The van der Waals surface area contributed by atoms with E-state index in [1.165, 1.54) is 10.7 Å². The molecule has 0 aromatic carbocycles. The summed E-state index contributed by atoms with van der Waals surface area (Å²) in [6.45, 7) is 8.29. The first-order chi connectivity index (χ1) is 12.2.